The largest absolute Gasteiger partial charge is 0.303 e. The van der Waals surface area contributed by atoms with E-state index in [1.54, 1.807) is 6.20 Å². The van der Waals surface area contributed by atoms with Gasteiger partial charge in [-0.2, -0.15) is 0 Å². The van der Waals surface area contributed by atoms with E-state index in [0.29, 0.717) is 5.15 Å². The van der Waals surface area contributed by atoms with E-state index in [-0.39, 0.29) is 0 Å². The van der Waals surface area contributed by atoms with Crippen molar-refractivity contribution in [2.75, 3.05) is 19.6 Å². The van der Waals surface area contributed by atoms with Gasteiger partial charge in [0, 0.05) is 25.9 Å². The number of rotatable bonds is 1. The fourth-order valence-corrected chi connectivity index (χ4v) is 1.94. The normalized spacial score (nSPS) is 17.6. The van der Waals surface area contributed by atoms with Crippen LogP contribution in [0.3, 0.4) is 0 Å². The molecule has 14 heavy (non-hydrogen) atoms. The average Bonchev–Trinajstić information content (AvgIpc) is 2.39. The van der Waals surface area contributed by atoms with Gasteiger partial charge in [-0.1, -0.05) is 18.5 Å². The van der Waals surface area contributed by atoms with Gasteiger partial charge in [-0.15, -0.1) is 0 Å². The van der Waals surface area contributed by atoms with Gasteiger partial charge in [-0.3, -0.25) is 4.98 Å². The zero-order valence-electron chi connectivity index (χ0n) is 8.33. The first-order valence-electron chi connectivity index (χ1n) is 5.02. The molecule has 0 unspecified atom stereocenters. The Morgan fingerprint density at radius 1 is 1.36 bits per heavy atom. The topological polar surface area (TPSA) is 29.0 Å². The Labute approximate surface area is 89.1 Å². The Balaban J connectivity index is 2.21. The molecular weight excluding hydrogens is 198 g/mol. The van der Waals surface area contributed by atoms with Crippen LogP contribution in [0.15, 0.2) is 6.20 Å². The zero-order valence-corrected chi connectivity index (χ0v) is 9.09. The molecule has 0 spiro atoms. The molecule has 1 aliphatic heterocycles. The highest BCUT2D eigenvalue weighted by atomic mass is 35.5. The summed E-state index contributed by atoms with van der Waals surface area (Å²) in [6.07, 6.45) is 3.60. The summed E-state index contributed by atoms with van der Waals surface area (Å²) < 4.78 is 0. The Morgan fingerprint density at radius 2 is 2.07 bits per heavy atom. The molecule has 0 amide bonds. The number of likely N-dealkylation sites (N-methyl/N-ethyl adjacent to an activating group) is 1. The van der Waals surface area contributed by atoms with Crippen molar-refractivity contribution < 1.29 is 0 Å². The van der Waals surface area contributed by atoms with Crippen molar-refractivity contribution >= 4 is 11.6 Å². The predicted octanol–water partition coefficient (Wildman–Crippen LogP) is 1.55. The molecule has 1 aliphatic rings. The van der Waals surface area contributed by atoms with Crippen LogP contribution in [0.1, 0.15) is 18.3 Å². The molecule has 0 aliphatic carbocycles. The number of nitrogens with zero attached hydrogens (tertiary/aromatic N) is 3. The van der Waals surface area contributed by atoms with E-state index in [4.69, 9.17) is 11.6 Å². The Kier molecular flexibility index (Phi) is 2.99. The summed E-state index contributed by atoms with van der Waals surface area (Å²) in [6, 6.07) is 0. The Bertz CT molecular complexity index is 327. The summed E-state index contributed by atoms with van der Waals surface area (Å²) in [5, 5.41) is 0.508. The van der Waals surface area contributed by atoms with E-state index in [1.165, 1.54) is 0 Å². The maximum atomic E-state index is 5.81. The molecule has 0 saturated heterocycles. The van der Waals surface area contributed by atoms with E-state index in [9.17, 15) is 0 Å². The number of halogens is 1. The highest BCUT2D eigenvalue weighted by molar-refractivity contribution is 6.29. The minimum absolute atomic E-state index is 0.508. The summed E-state index contributed by atoms with van der Waals surface area (Å²) in [6.45, 7) is 5.43. The lowest BCUT2D eigenvalue weighted by atomic mass is 10.2. The molecule has 4 heteroatoms. The molecule has 0 saturated carbocycles. The molecular formula is C10H14ClN3. The van der Waals surface area contributed by atoms with Crippen molar-refractivity contribution in [2.24, 2.45) is 0 Å². The quantitative estimate of drug-likeness (QED) is 0.706. The standard InChI is InChI=1S/C10H14ClN3/c1-2-14-5-3-8-9(4-6-14)13-10(11)7-12-8/h7H,2-6H2,1H3. The molecule has 0 N–H and O–H groups in total. The first-order valence-corrected chi connectivity index (χ1v) is 5.40. The predicted molar refractivity (Wildman–Crippen MR) is 56.6 cm³/mol. The third kappa shape index (κ3) is 2.04. The van der Waals surface area contributed by atoms with Crippen molar-refractivity contribution in [3.63, 3.8) is 0 Å². The monoisotopic (exact) mass is 211 g/mol. The second kappa shape index (κ2) is 4.24. The number of fused-ring (bicyclic) bond motifs is 1. The average molecular weight is 212 g/mol. The fourth-order valence-electron chi connectivity index (χ4n) is 1.79. The molecule has 76 valence electrons. The van der Waals surface area contributed by atoms with Crippen LogP contribution < -0.4 is 0 Å². The van der Waals surface area contributed by atoms with Crippen LogP contribution in [0.25, 0.3) is 0 Å². The molecule has 0 fully saturated rings. The van der Waals surface area contributed by atoms with Gasteiger partial charge in [0.15, 0.2) is 0 Å². The lowest BCUT2D eigenvalue weighted by Gasteiger charge is -2.15. The zero-order chi connectivity index (χ0) is 9.97. The number of hydrogen-bond acceptors (Lipinski definition) is 3. The molecule has 0 atom stereocenters. The van der Waals surface area contributed by atoms with E-state index in [2.05, 4.69) is 21.8 Å². The lowest BCUT2D eigenvalue weighted by Crippen LogP contribution is -2.25. The van der Waals surface area contributed by atoms with Crippen LogP contribution in [0, 0.1) is 0 Å². The Morgan fingerprint density at radius 3 is 2.79 bits per heavy atom. The van der Waals surface area contributed by atoms with Crippen LogP contribution in [-0.2, 0) is 12.8 Å². The third-order valence-corrected chi connectivity index (χ3v) is 2.86. The van der Waals surface area contributed by atoms with E-state index >= 15 is 0 Å². The van der Waals surface area contributed by atoms with Crippen molar-refractivity contribution in [3.8, 4) is 0 Å². The number of aromatic nitrogens is 2. The summed E-state index contributed by atoms with van der Waals surface area (Å²) in [7, 11) is 0. The molecule has 3 nitrogen and oxygen atoms in total. The first-order chi connectivity index (χ1) is 6.79. The number of hydrogen-bond donors (Lipinski definition) is 0. The summed E-state index contributed by atoms with van der Waals surface area (Å²) in [5.74, 6) is 0. The minimum atomic E-state index is 0.508. The van der Waals surface area contributed by atoms with E-state index in [1.807, 2.05) is 0 Å². The first kappa shape index (κ1) is 9.87. The second-order valence-electron chi connectivity index (χ2n) is 3.52. The SMILES string of the molecule is CCN1CCc2ncc(Cl)nc2CC1. The van der Waals surface area contributed by atoms with Crippen molar-refractivity contribution in [2.45, 2.75) is 19.8 Å². The summed E-state index contributed by atoms with van der Waals surface area (Å²) in [4.78, 5) is 11.1. The maximum Gasteiger partial charge on any atom is 0.147 e. The lowest BCUT2D eigenvalue weighted by molar-refractivity contribution is 0.302. The third-order valence-electron chi connectivity index (χ3n) is 2.68. The van der Waals surface area contributed by atoms with Crippen LogP contribution in [-0.4, -0.2) is 34.5 Å². The smallest absolute Gasteiger partial charge is 0.147 e. The molecule has 1 aromatic heterocycles. The molecule has 0 aromatic carbocycles. The van der Waals surface area contributed by atoms with Gasteiger partial charge in [0.25, 0.3) is 0 Å². The maximum absolute atomic E-state index is 5.81. The van der Waals surface area contributed by atoms with Gasteiger partial charge in [-0.25, -0.2) is 4.98 Å². The van der Waals surface area contributed by atoms with E-state index < -0.39 is 0 Å². The summed E-state index contributed by atoms with van der Waals surface area (Å²) in [5.41, 5.74) is 2.19. The van der Waals surface area contributed by atoms with Crippen LogP contribution in [0.4, 0.5) is 0 Å². The van der Waals surface area contributed by atoms with Gasteiger partial charge in [-0.05, 0) is 6.54 Å². The van der Waals surface area contributed by atoms with Gasteiger partial charge >= 0.3 is 0 Å². The Hall–Kier alpha value is -0.670. The highest BCUT2D eigenvalue weighted by Crippen LogP contribution is 2.13. The molecule has 0 radical (unpaired) electrons. The van der Waals surface area contributed by atoms with Crippen LogP contribution >= 0.6 is 11.6 Å². The van der Waals surface area contributed by atoms with Crippen LogP contribution in [0.5, 0.6) is 0 Å². The van der Waals surface area contributed by atoms with Crippen molar-refractivity contribution in [1.82, 2.24) is 14.9 Å². The van der Waals surface area contributed by atoms with Gasteiger partial charge in [0.05, 0.1) is 17.6 Å². The molecule has 2 heterocycles. The van der Waals surface area contributed by atoms with Crippen LogP contribution in [0.2, 0.25) is 5.15 Å². The van der Waals surface area contributed by atoms with Crippen molar-refractivity contribution in [1.29, 1.82) is 0 Å². The minimum Gasteiger partial charge on any atom is -0.303 e. The summed E-state index contributed by atoms with van der Waals surface area (Å²) >= 11 is 5.81. The molecule has 0 bridgehead atoms. The van der Waals surface area contributed by atoms with Crippen molar-refractivity contribution in [3.05, 3.63) is 22.7 Å². The molecule has 1 aromatic rings. The molecule has 2 rings (SSSR count). The van der Waals surface area contributed by atoms with Gasteiger partial charge in [0.2, 0.25) is 0 Å². The van der Waals surface area contributed by atoms with Gasteiger partial charge < -0.3 is 4.90 Å². The highest BCUT2D eigenvalue weighted by Gasteiger charge is 2.14. The van der Waals surface area contributed by atoms with Gasteiger partial charge in [0.1, 0.15) is 5.15 Å². The second-order valence-corrected chi connectivity index (χ2v) is 3.91. The van der Waals surface area contributed by atoms with E-state index in [0.717, 1.165) is 43.9 Å². The fraction of sp³-hybridized carbons (Fsp3) is 0.600.